The van der Waals surface area contributed by atoms with Crippen LogP contribution in [0, 0.1) is 12.8 Å². The summed E-state index contributed by atoms with van der Waals surface area (Å²) in [6.07, 6.45) is 0. The van der Waals surface area contributed by atoms with Gasteiger partial charge in [0, 0.05) is 5.69 Å². The van der Waals surface area contributed by atoms with Crippen molar-refractivity contribution in [1.82, 2.24) is 0 Å². The van der Waals surface area contributed by atoms with Crippen LogP contribution < -0.4 is 11.1 Å². The molecular weight excluding hydrogens is 212 g/mol. The van der Waals surface area contributed by atoms with Crippen molar-refractivity contribution in [3.8, 4) is 0 Å². The maximum atomic E-state index is 11.6. The Morgan fingerprint density at radius 1 is 1.18 bits per heavy atom. The van der Waals surface area contributed by atoms with Crippen molar-refractivity contribution >= 4 is 11.6 Å². The van der Waals surface area contributed by atoms with E-state index in [1.165, 1.54) is 5.56 Å². The molecule has 1 aromatic carbocycles. The molecule has 0 saturated heterocycles. The standard InChI is InChI=1S/C12H18N2O.C2H6/c1-8(2)11(13)12(15)14-10-6-4-9(3)5-7-10;1-2/h4-8,11H,13H2,1-3H3,(H,14,15);1-2H3. The minimum atomic E-state index is -0.452. The highest BCUT2D eigenvalue weighted by Gasteiger charge is 2.16. The van der Waals surface area contributed by atoms with Crippen LogP contribution in [0.15, 0.2) is 24.3 Å². The molecule has 0 fully saturated rings. The lowest BCUT2D eigenvalue weighted by Gasteiger charge is -2.15. The fourth-order valence-corrected chi connectivity index (χ4v) is 1.17. The van der Waals surface area contributed by atoms with E-state index in [0.29, 0.717) is 0 Å². The lowest BCUT2D eigenvalue weighted by atomic mass is 10.0. The Kier molecular flexibility index (Phi) is 7.22. The Morgan fingerprint density at radius 3 is 2.06 bits per heavy atom. The Labute approximate surface area is 104 Å². The quantitative estimate of drug-likeness (QED) is 0.847. The van der Waals surface area contributed by atoms with Crippen LogP contribution in [-0.4, -0.2) is 11.9 Å². The number of hydrogen-bond donors (Lipinski definition) is 2. The van der Waals surface area contributed by atoms with Gasteiger partial charge in [0.25, 0.3) is 0 Å². The summed E-state index contributed by atoms with van der Waals surface area (Å²) in [6.45, 7) is 9.87. The second kappa shape index (κ2) is 7.85. The third kappa shape index (κ3) is 5.50. The van der Waals surface area contributed by atoms with E-state index in [1.807, 2.05) is 58.9 Å². The Balaban J connectivity index is 0.00000121. The van der Waals surface area contributed by atoms with E-state index in [2.05, 4.69) is 5.32 Å². The van der Waals surface area contributed by atoms with E-state index < -0.39 is 6.04 Å². The van der Waals surface area contributed by atoms with E-state index in [0.717, 1.165) is 5.69 Å². The summed E-state index contributed by atoms with van der Waals surface area (Å²) in [5.74, 6) is 0.0179. The minimum Gasteiger partial charge on any atom is -0.325 e. The molecule has 1 atom stereocenters. The molecule has 3 N–H and O–H groups in total. The van der Waals surface area contributed by atoms with Gasteiger partial charge in [-0.25, -0.2) is 0 Å². The summed E-state index contributed by atoms with van der Waals surface area (Å²) in [6, 6.07) is 7.21. The summed E-state index contributed by atoms with van der Waals surface area (Å²) in [7, 11) is 0. The third-order valence-corrected chi connectivity index (χ3v) is 2.34. The van der Waals surface area contributed by atoms with Gasteiger partial charge in [0.15, 0.2) is 0 Å². The number of aryl methyl sites for hydroxylation is 1. The Hall–Kier alpha value is -1.35. The lowest BCUT2D eigenvalue weighted by Crippen LogP contribution is -2.39. The predicted octanol–water partition coefficient (Wildman–Crippen LogP) is 2.94. The number of nitrogens with one attached hydrogen (secondary N) is 1. The summed E-state index contributed by atoms with van der Waals surface area (Å²) < 4.78 is 0. The number of amides is 1. The van der Waals surface area contributed by atoms with Gasteiger partial charge in [-0.05, 0) is 25.0 Å². The minimum absolute atomic E-state index is 0.131. The van der Waals surface area contributed by atoms with E-state index >= 15 is 0 Å². The molecule has 0 aliphatic heterocycles. The molecule has 0 radical (unpaired) electrons. The number of benzene rings is 1. The predicted molar refractivity (Wildman–Crippen MR) is 74.0 cm³/mol. The molecule has 3 heteroatoms. The van der Waals surface area contributed by atoms with Crippen LogP contribution in [0.1, 0.15) is 33.3 Å². The molecule has 0 saturated carbocycles. The summed E-state index contributed by atoms with van der Waals surface area (Å²) in [5, 5.41) is 2.79. The van der Waals surface area contributed by atoms with Crippen LogP contribution in [0.2, 0.25) is 0 Å². The molecule has 0 spiro atoms. The SMILES string of the molecule is CC.Cc1ccc(NC(=O)C(N)C(C)C)cc1. The second-order valence-electron chi connectivity index (χ2n) is 4.13. The molecule has 1 unspecified atom stereocenters. The average molecular weight is 236 g/mol. The fourth-order valence-electron chi connectivity index (χ4n) is 1.17. The second-order valence-corrected chi connectivity index (χ2v) is 4.13. The molecular formula is C14H24N2O. The van der Waals surface area contributed by atoms with Gasteiger partial charge in [0.1, 0.15) is 0 Å². The van der Waals surface area contributed by atoms with Gasteiger partial charge in [0.05, 0.1) is 6.04 Å². The Bertz CT molecular complexity index is 331. The Morgan fingerprint density at radius 2 is 1.65 bits per heavy atom. The normalized spacial score (nSPS) is 11.5. The summed E-state index contributed by atoms with van der Waals surface area (Å²) >= 11 is 0. The van der Waals surface area contributed by atoms with Crippen LogP contribution in [-0.2, 0) is 4.79 Å². The van der Waals surface area contributed by atoms with E-state index in [-0.39, 0.29) is 11.8 Å². The van der Waals surface area contributed by atoms with Gasteiger partial charge in [-0.3, -0.25) is 4.79 Å². The van der Waals surface area contributed by atoms with Gasteiger partial charge < -0.3 is 11.1 Å². The molecule has 0 aliphatic rings. The maximum Gasteiger partial charge on any atom is 0.241 e. The van der Waals surface area contributed by atoms with Crippen LogP contribution in [0.4, 0.5) is 5.69 Å². The van der Waals surface area contributed by atoms with Crippen LogP contribution in [0.5, 0.6) is 0 Å². The smallest absolute Gasteiger partial charge is 0.241 e. The largest absolute Gasteiger partial charge is 0.325 e. The highest BCUT2D eigenvalue weighted by molar-refractivity contribution is 5.94. The molecule has 1 aromatic rings. The van der Waals surface area contributed by atoms with E-state index in [1.54, 1.807) is 0 Å². The number of carbonyl (C=O) groups is 1. The van der Waals surface area contributed by atoms with Gasteiger partial charge in [-0.2, -0.15) is 0 Å². The number of anilines is 1. The summed E-state index contributed by atoms with van der Waals surface area (Å²) in [5.41, 5.74) is 7.69. The number of hydrogen-bond acceptors (Lipinski definition) is 2. The monoisotopic (exact) mass is 236 g/mol. The highest BCUT2D eigenvalue weighted by Crippen LogP contribution is 2.10. The molecule has 0 aromatic heterocycles. The first-order chi connectivity index (χ1) is 8.00. The van der Waals surface area contributed by atoms with Crippen LogP contribution in [0.25, 0.3) is 0 Å². The zero-order valence-electron chi connectivity index (χ0n) is 11.4. The summed E-state index contributed by atoms with van der Waals surface area (Å²) in [4.78, 5) is 11.6. The highest BCUT2D eigenvalue weighted by atomic mass is 16.2. The zero-order chi connectivity index (χ0) is 13.4. The van der Waals surface area contributed by atoms with Gasteiger partial charge in [0.2, 0.25) is 5.91 Å². The molecule has 96 valence electrons. The van der Waals surface area contributed by atoms with Crippen molar-refractivity contribution in [2.75, 3.05) is 5.32 Å². The van der Waals surface area contributed by atoms with E-state index in [9.17, 15) is 4.79 Å². The van der Waals surface area contributed by atoms with Crippen molar-refractivity contribution in [1.29, 1.82) is 0 Å². The molecule has 17 heavy (non-hydrogen) atoms. The fraction of sp³-hybridized carbons (Fsp3) is 0.500. The van der Waals surface area contributed by atoms with E-state index in [4.69, 9.17) is 5.73 Å². The first-order valence-corrected chi connectivity index (χ1v) is 6.14. The zero-order valence-corrected chi connectivity index (χ0v) is 11.4. The van der Waals surface area contributed by atoms with Crippen LogP contribution >= 0.6 is 0 Å². The van der Waals surface area contributed by atoms with Gasteiger partial charge >= 0.3 is 0 Å². The average Bonchev–Trinajstić information content (AvgIpc) is 2.33. The van der Waals surface area contributed by atoms with Crippen molar-refractivity contribution in [2.24, 2.45) is 11.7 Å². The van der Waals surface area contributed by atoms with Crippen LogP contribution in [0.3, 0.4) is 0 Å². The van der Waals surface area contributed by atoms with Crippen molar-refractivity contribution < 1.29 is 4.79 Å². The molecule has 0 bridgehead atoms. The molecule has 0 aliphatic carbocycles. The lowest BCUT2D eigenvalue weighted by molar-refractivity contribution is -0.118. The number of nitrogens with two attached hydrogens (primary N) is 1. The first kappa shape index (κ1) is 15.7. The molecule has 3 nitrogen and oxygen atoms in total. The number of carbonyl (C=O) groups excluding carboxylic acids is 1. The molecule has 1 rings (SSSR count). The molecule has 0 heterocycles. The topological polar surface area (TPSA) is 55.1 Å². The maximum absolute atomic E-state index is 11.6. The molecule has 1 amide bonds. The van der Waals surface area contributed by atoms with Gasteiger partial charge in [-0.15, -0.1) is 0 Å². The van der Waals surface area contributed by atoms with Crippen molar-refractivity contribution in [3.05, 3.63) is 29.8 Å². The first-order valence-electron chi connectivity index (χ1n) is 6.14. The number of rotatable bonds is 3. The third-order valence-electron chi connectivity index (χ3n) is 2.34. The van der Waals surface area contributed by atoms with Crippen molar-refractivity contribution in [3.63, 3.8) is 0 Å². The van der Waals surface area contributed by atoms with Crippen molar-refractivity contribution in [2.45, 2.75) is 40.7 Å². The van der Waals surface area contributed by atoms with Gasteiger partial charge in [-0.1, -0.05) is 45.4 Å².